The molecule has 8 nitrogen and oxygen atoms in total. The summed E-state index contributed by atoms with van der Waals surface area (Å²) in [6.45, 7) is 5.63. The van der Waals surface area contributed by atoms with E-state index in [0.717, 1.165) is 31.9 Å². The van der Waals surface area contributed by atoms with Crippen molar-refractivity contribution in [3.05, 3.63) is 15.6 Å². The van der Waals surface area contributed by atoms with Gasteiger partial charge in [0, 0.05) is 38.0 Å². The minimum Gasteiger partial charge on any atom is -0.360 e. The lowest BCUT2D eigenvalue weighted by Gasteiger charge is -2.27. The lowest BCUT2D eigenvalue weighted by Crippen LogP contribution is -2.44. The summed E-state index contributed by atoms with van der Waals surface area (Å²) in [6.07, 6.45) is 6.67. The topological polar surface area (TPSA) is 77.2 Å². The van der Waals surface area contributed by atoms with Crippen molar-refractivity contribution in [3.8, 4) is 12.0 Å². The summed E-state index contributed by atoms with van der Waals surface area (Å²) in [5.74, 6) is 4.45. The molecule has 1 aliphatic rings. The number of halogens is 1. The van der Waals surface area contributed by atoms with Gasteiger partial charge in [0.05, 0.1) is 6.61 Å². The molecule has 0 saturated carbocycles. The van der Waals surface area contributed by atoms with Crippen LogP contribution in [0.3, 0.4) is 0 Å². The molecule has 1 fully saturated rings. The van der Waals surface area contributed by atoms with Gasteiger partial charge in [-0.3, -0.25) is 9.36 Å². The van der Waals surface area contributed by atoms with Crippen LogP contribution in [0.4, 0.5) is 5.95 Å². The van der Waals surface area contributed by atoms with E-state index in [1.165, 1.54) is 4.57 Å². The van der Waals surface area contributed by atoms with E-state index in [-0.39, 0.29) is 17.6 Å². The maximum Gasteiger partial charge on any atom is 0.283 e. The van der Waals surface area contributed by atoms with E-state index in [1.54, 1.807) is 11.5 Å². The molecule has 154 valence electrons. The van der Waals surface area contributed by atoms with Crippen molar-refractivity contribution in [2.45, 2.75) is 13.7 Å². The zero-order valence-corrected chi connectivity index (χ0v) is 18.4. The summed E-state index contributed by atoms with van der Waals surface area (Å²) >= 11 is 6.27. The Morgan fingerprint density at radius 3 is 2.61 bits per heavy atom. The summed E-state index contributed by atoms with van der Waals surface area (Å²) in [6, 6.07) is 2.98. The van der Waals surface area contributed by atoms with Crippen LogP contribution in [0, 0.1) is 12.0 Å². The molecule has 1 saturated heterocycles. The largest absolute Gasteiger partial charge is 0.360 e. The molecule has 3 heterocycles. The maximum atomic E-state index is 13.1. The molecule has 0 spiro atoms. The van der Waals surface area contributed by atoms with Crippen molar-refractivity contribution in [1.82, 2.24) is 24.4 Å². The third kappa shape index (κ3) is 4.63. The highest BCUT2D eigenvalue weighted by Crippen LogP contribution is 2.33. The van der Waals surface area contributed by atoms with Crippen LogP contribution in [0.1, 0.15) is 6.92 Å². The number of imidazole rings is 1. The Morgan fingerprint density at radius 1 is 1.25 bits per heavy atom. The summed E-state index contributed by atoms with van der Waals surface area (Å²) in [5, 5.41) is 3.38. The van der Waals surface area contributed by atoms with E-state index < -0.39 is 10.0 Å². The van der Waals surface area contributed by atoms with Crippen LogP contribution in [-0.4, -0.2) is 76.4 Å². The third-order valence-electron chi connectivity index (χ3n) is 4.39. The number of aromatic nitrogens is 4. The lowest BCUT2D eigenvalue weighted by atomic mass is 10.4. The highest BCUT2D eigenvalue weighted by molar-refractivity contribution is 8.32. The first-order valence-corrected chi connectivity index (χ1v) is 12.5. The van der Waals surface area contributed by atoms with Gasteiger partial charge in [-0.2, -0.15) is 9.97 Å². The number of rotatable bonds is 6. The fraction of sp³-hybridized carbons (Fsp3) is 0.611. The first-order valence-electron chi connectivity index (χ1n) is 9.13. The van der Waals surface area contributed by atoms with Crippen LogP contribution in [0.2, 0.25) is 5.28 Å². The molecule has 10 heteroatoms. The van der Waals surface area contributed by atoms with Gasteiger partial charge in [0.15, 0.2) is 11.2 Å². The number of anilines is 1. The van der Waals surface area contributed by atoms with Gasteiger partial charge in [-0.1, -0.05) is 5.92 Å². The van der Waals surface area contributed by atoms with Gasteiger partial charge < -0.3 is 15.0 Å². The Labute approximate surface area is 171 Å². The van der Waals surface area contributed by atoms with Crippen LogP contribution >= 0.6 is 21.6 Å². The van der Waals surface area contributed by atoms with Crippen LogP contribution in [0.25, 0.3) is 11.2 Å². The van der Waals surface area contributed by atoms with Gasteiger partial charge in [-0.15, -0.1) is 0 Å². The molecule has 3 rings (SSSR count). The fourth-order valence-corrected chi connectivity index (χ4v) is 3.72. The molecular weight excluding hydrogens is 400 g/mol. The molecule has 2 aromatic rings. The molecule has 2 aromatic heterocycles. The van der Waals surface area contributed by atoms with Crippen molar-refractivity contribution in [3.63, 3.8) is 0 Å². The molecule has 1 aliphatic heterocycles. The van der Waals surface area contributed by atoms with Crippen LogP contribution in [-0.2, 0) is 11.5 Å². The highest BCUT2D eigenvalue weighted by Gasteiger charge is 2.23. The summed E-state index contributed by atoms with van der Waals surface area (Å²) in [5.41, 5.74) is 0.341. The third-order valence-corrected chi connectivity index (χ3v) is 6.07. The number of fused-ring (bicyclic) bond motifs is 1. The van der Waals surface area contributed by atoms with Crippen LogP contribution in [0.5, 0.6) is 0 Å². The van der Waals surface area contributed by atoms with Crippen LogP contribution in [0.15, 0.2) is 4.79 Å². The lowest BCUT2D eigenvalue weighted by molar-refractivity contribution is 0.0870. The zero-order valence-electron chi connectivity index (χ0n) is 16.8. The smallest absolute Gasteiger partial charge is 0.283 e. The van der Waals surface area contributed by atoms with E-state index in [9.17, 15) is 4.79 Å². The summed E-state index contributed by atoms with van der Waals surface area (Å²) in [4.78, 5) is 24.1. The molecule has 0 aromatic carbocycles. The Hall–Kier alpha value is -1.73. The van der Waals surface area contributed by atoms with Crippen molar-refractivity contribution in [1.29, 1.82) is 0 Å². The second kappa shape index (κ2) is 8.74. The predicted octanol–water partition coefficient (Wildman–Crippen LogP) is 1.15. The van der Waals surface area contributed by atoms with E-state index in [1.807, 2.05) is 0 Å². The van der Waals surface area contributed by atoms with Crippen molar-refractivity contribution in [2.24, 2.45) is 0 Å². The maximum absolute atomic E-state index is 13.1. The molecule has 0 bridgehead atoms. The van der Waals surface area contributed by atoms with Gasteiger partial charge in [0.25, 0.3) is 5.56 Å². The van der Waals surface area contributed by atoms with Gasteiger partial charge in [-0.25, -0.2) is 14.6 Å². The summed E-state index contributed by atoms with van der Waals surface area (Å²) < 4.78 is 8.66. The van der Waals surface area contributed by atoms with Crippen LogP contribution < -0.4 is 15.8 Å². The van der Waals surface area contributed by atoms with E-state index >= 15 is 0 Å². The Morgan fingerprint density at radius 2 is 1.96 bits per heavy atom. The molecule has 0 radical (unpaired) electrons. The predicted molar refractivity (Wildman–Crippen MR) is 117 cm³/mol. The average Bonchev–Trinajstić information content (AvgIpc) is 2.99. The minimum atomic E-state index is -0.661. The monoisotopic (exact) mass is 426 g/mol. The molecule has 0 unspecified atom stereocenters. The second-order valence-electron chi connectivity index (χ2n) is 7.46. The fourth-order valence-electron chi connectivity index (χ4n) is 2.90. The van der Waals surface area contributed by atoms with Crippen molar-refractivity contribution >= 4 is 38.7 Å². The van der Waals surface area contributed by atoms with Crippen molar-refractivity contribution in [2.75, 3.05) is 62.2 Å². The standard InChI is InChI=1S/C18H27ClN6O2S/c1-5-8-24-14-15(22-18(24)23-9-6-20-7-10-23)21-17(19)25(16(14)26)13-27-11-12-28(2,3)4/h20H,6-7,9-13H2,1-4H3. The van der Waals surface area contributed by atoms with Gasteiger partial charge in [0.2, 0.25) is 11.2 Å². The molecule has 28 heavy (non-hydrogen) atoms. The number of hydrogen-bond donors (Lipinski definition) is 1. The number of nitrogens with one attached hydrogen (secondary N) is 1. The molecular formula is C18H27ClN6O2S. The first kappa shape index (κ1) is 21.0. The zero-order chi connectivity index (χ0) is 20.3. The van der Waals surface area contributed by atoms with Gasteiger partial charge in [-0.05, 0) is 37.3 Å². The van der Waals surface area contributed by atoms with E-state index in [4.69, 9.17) is 16.3 Å². The Balaban J connectivity index is 1.97. The quantitative estimate of drug-likeness (QED) is 0.424. The first-order chi connectivity index (χ1) is 13.3. The van der Waals surface area contributed by atoms with Gasteiger partial charge in [0.1, 0.15) is 6.73 Å². The SMILES string of the molecule is CC#Cn1c(N2CCNCC2)nc2nc(Cl)n(COCCS(C)(C)C)c(=O)c21. The molecule has 1 N–H and O–H groups in total. The number of nitrogens with zero attached hydrogens (tertiary/aromatic N) is 5. The highest BCUT2D eigenvalue weighted by atomic mass is 35.5. The van der Waals surface area contributed by atoms with E-state index in [2.05, 4.69) is 50.9 Å². The minimum absolute atomic E-state index is 0.0594. The average molecular weight is 427 g/mol. The van der Waals surface area contributed by atoms with Gasteiger partial charge >= 0.3 is 0 Å². The Kier molecular flexibility index (Phi) is 6.55. The normalized spacial score (nSPS) is 15.5. The molecule has 0 aliphatic carbocycles. The summed E-state index contributed by atoms with van der Waals surface area (Å²) in [7, 11) is -0.661. The second-order valence-corrected chi connectivity index (χ2v) is 12.4. The van der Waals surface area contributed by atoms with Crippen molar-refractivity contribution < 1.29 is 4.74 Å². The molecule has 0 atom stereocenters. The van der Waals surface area contributed by atoms with E-state index in [0.29, 0.717) is 23.7 Å². The number of hydrogen-bond acceptors (Lipinski definition) is 6. The molecule has 0 amide bonds. The Bertz CT molecular complexity index is 963. The number of ether oxygens (including phenoxy) is 1. The number of piperazine rings is 1.